The van der Waals surface area contributed by atoms with Crippen LogP contribution in [-0.4, -0.2) is 13.7 Å². The summed E-state index contributed by atoms with van der Waals surface area (Å²) in [5.74, 6) is 0.733. The molecule has 0 saturated carbocycles. The molecule has 0 atom stereocenters. The van der Waals surface area contributed by atoms with Crippen molar-refractivity contribution in [1.82, 2.24) is 0 Å². The summed E-state index contributed by atoms with van der Waals surface area (Å²) in [5.41, 5.74) is 7.10. The van der Waals surface area contributed by atoms with Crippen molar-refractivity contribution in [3.8, 4) is 5.75 Å². The Kier molecular flexibility index (Phi) is 4.04. The van der Waals surface area contributed by atoms with Gasteiger partial charge in [-0.3, -0.25) is 0 Å². The third-order valence-corrected chi connectivity index (χ3v) is 2.11. The zero-order chi connectivity index (χ0) is 10.6. The Bertz CT molecular complexity index is 284. The number of halogens is 1. The molecule has 78 valence electrons. The van der Waals surface area contributed by atoms with Crippen molar-refractivity contribution in [2.45, 2.75) is 13.5 Å². The Hall–Kier alpha value is -0.930. The molecule has 3 nitrogen and oxygen atoms in total. The summed E-state index contributed by atoms with van der Waals surface area (Å²) < 4.78 is 10.4. The van der Waals surface area contributed by atoms with Gasteiger partial charge < -0.3 is 15.2 Å². The van der Waals surface area contributed by atoms with E-state index in [1.54, 1.807) is 19.2 Å². The first kappa shape index (κ1) is 11.1. The van der Waals surface area contributed by atoms with Gasteiger partial charge in [0.25, 0.3) is 0 Å². The fourth-order valence-electron chi connectivity index (χ4n) is 1.17. The lowest BCUT2D eigenvalue weighted by Gasteiger charge is -2.11. The monoisotopic (exact) mass is 215 g/mol. The summed E-state index contributed by atoms with van der Waals surface area (Å²) in [5, 5.41) is 0.528. The molecule has 1 aromatic rings. The summed E-state index contributed by atoms with van der Waals surface area (Å²) in [6.45, 7) is 2.98. The second-order valence-corrected chi connectivity index (χ2v) is 3.25. The van der Waals surface area contributed by atoms with Crippen LogP contribution in [0.3, 0.4) is 0 Å². The van der Waals surface area contributed by atoms with Crippen molar-refractivity contribution < 1.29 is 9.47 Å². The molecule has 0 bridgehead atoms. The molecule has 0 aliphatic carbocycles. The van der Waals surface area contributed by atoms with E-state index in [1.807, 2.05) is 6.92 Å². The molecule has 0 radical (unpaired) electrons. The van der Waals surface area contributed by atoms with Crippen LogP contribution in [0.15, 0.2) is 12.1 Å². The predicted octanol–water partition coefficient (Wildman–Crippen LogP) is 2.47. The highest BCUT2D eigenvalue weighted by atomic mass is 35.5. The van der Waals surface area contributed by atoms with E-state index >= 15 is 0 Å². The minimum absolute atomic E-state index is 0.468. The van der Waals surface area contributed by atoms with Gasteiger partial charge in [-0.15, -0.1) is 0 Å². The number of ether oxygens (including phenoxy) is 2. The second kappa shape index (κ2) is 5.08. The van der Waals surface area contributed by atoms with E-state index in [1.165, 1.54) is 0 Å². The topological polar surface area (TPSA) is 44.5 Å². The second-order valence-electron chi connectivity index (χ2n) is 2.85. The maximum Gasteiger partial charge on any atom is 0.126 e. The molecule has 1 rings (SSSR count). The predicted molar refractivity (Wildman–Crippen MR) is 57.7 cm³/mol. The van der Waals surface area contributed by atoms with Gasteiger partial charge >= 0.3 is 0 Å². The molecule has 4 heteroatoms. The van der Waals surface area contributed by atoms with Gasteiger partial charge in [0.2, 0.25) is 0 Å². The zero-order valence-corrected chi connectivity index (χ0v) is 9.10. The summed E-state index contributed by atoms with van der Waals surface area (Å²) in [6.07, 6.45) is 0. The van der Waals surface area contributed by atoms with E-state index in [0.717, 1.165) is 11.3 Å². The van der Waals surface area contributed by atoms with Crippen LogP contribution in [0.1, 0.15) is 12.5 Å². The Morgan fingerprint density at radius 2 is 2.14 bits per heavy atom. The van der Waals surface area contributed by atoms with Gasteiger partial charge in [0.15, 0.2) is 0 Å². The quantitative estimate of drug-likeness (QED) is 0.785. The molecule has 0 amide bonds. The molecule has 2 N–H and O–H groups in total. The third kappa shape index (κ3) is 2.53. The SMILES string of the molecule is CCOc1cc(N)c(Cl)cc1COC. The summed E-state index contributed by atoms with van der Waals surface area (Å²) in [6, 6.07) is 3.49. The first-order chi connectivity index (χ1) is 6.69. The molecule has 1 aromatic carbocycles. The number of hydrogen-bond donors (Lipinski definition) is 1. The number of benzene rings is 1. The Balaban J connectivity index is 3.03. The smallest absolute Gasteiger partial charge is 0.126 e. The number of anilines is 1. The minimum atomic E-state index is 0.468. The molecule has 14 heavy (non-hydrogen) atoms. The van der Waals surface area contributed by atoms with Crippen LogP contribution >= 0.6 is 11.6 Å². The van der Waals surface area contributed by atoms with Gasteiger partial charge in [-0.25, -0.2) is 0 Å². The molecule has 0 saturated heterocycles. The van der Waals surface area contributed by atoms with Crippen LogP contribution in [0.4, 0.5) is 5.69 Å². The minimum Gasteiger partial charge on any atom is -0.493 e. The number of rotatable bonds is 4. The Morgan fingerprint density at radius 3 is 2.71 bits per heavy atom. The molecule has 0 aliphatic heterocycles. The van der Waals surface area contributed by atoms with Gasteiger partial charge in [0.05, 0.1) is 23.9 Å². The highest BCUT2D eigenvalue weighted by Crippen LogP contribution is 2.29. The van der Waals surface area contributed by atoms with E-state index in [2.05, 4.69) is 0 Å². The van der Waals surface area contributed by atoms with E-state index in [-0.39, 0.29) is 0 Å². The Morgan fingerprint density at radius 1 is 1.43 bits per heavy atom. The van der Waals surface area contributed by atoms with Gasteiger partial charge in [-0.2, -0.15) is 0 Å². The number of nitrogen functional groups attached to an aromatic ring is 1. The van der Waals surface area contributed by atoms with E-state index in [0.29, 0.717) is 23.9 Å². The fourth-order valence-corrected chi connectivity index (χ4v) is 1.35. The highest BCUT2D eigenvalue weighted by molar-refractivity contribution is 6.33. The van der Waals surface area contributed by atoms with Crippen LogP contribution in [0.25, 0.3) is 0 Å². The van der Waals surface area contributed by atoms with Crippen LogP contribution < -0.4 is 10.5 Å². The highest BCUT2D eigenvalue weighted by Gasteiger charge is 2.07. The van der Waals surface area contributed by atoms with Crippen LogP contribution in [-0.2, 0) is 11.3 Å². The van der Waals surface area contributed by atoms with E-state index in [9.17, 15) is 0 Å². The van der Waals surface area contributed by atoms with Gasteiger partial charge in [0.1, 0.15) is 5.75 Å². The van der Waals surface area contributed by atoms with Crippen molar-refractivity contribution >= 4 is 17.3 Å². The first-order valence-electron chi connectivity index (χ1n) is 4.38. The van der Waals surface area contributed by atoms with Crippen molar-refractivity contribution in [3.05, 3.63) is 22.7 Å². The van der Waals surface area contributed by atoms with Crippen molar-refractivity contribution in [1.29, 1.82) is 0 Å². The van der Waals surface area contributed by atoms with Crippen LogP contribution in [0.2, 0.25) is 5.02 Å². The van der Waals surface area contributed by atoms with Crippen molar-refractivity contribution in [2.24, 2.45) is 0 Å². The number of hydrogen-bond acceptors (Lipinski definition) is 3. The average Bonchev–Trinajstić information content (AvgIpc) is 2.14. The van der Waals surface area contributed by atoms with Gasteiger partial charge in [-0.05, 0) is 13.0 Å². The first-order valence-corrected chi connectivity index (χ1v) is 4.76. The summed E-state index contributed by atoms with van der Waals surface area (Å²) >= 11 is 5.89. The van der Waals surface area contributed by atoms with E-state index < -0.39 is 0 Å². The fraction of sp³-hybridized carbons (Fsp3) is 0.400. The molecule has 0 spiro atoms. The average molecular weight is 216 g/mol. The van der Waals surface area contributed by atoms with Gasteiger partial charge in [0, 0.05) is 18.7 Å². The molecule has 0 aromatic heterocycles. The maximum atomic E-state index is 5.89. The lowest BCUT2D eigenvalue weighted by atomic mass is 10.2. The van der Waals surface area contributed by atoms with Gasteiger partial charge in [-0.1, -0.05) is 11.6 Å². The van der Waals surface area contributed by atoms with E-state index in [4.69, 9.17) is 26.8 Å². The van der Waals surface area contributed by atoms with Crippen LogP contribution in [0.5, 0.6) is 5.75 Å². The normalized spacial score (nSPS) is 10.2. The summed E-state index contributed by atoms with van der Waals surface area (Å²) in [7, 11) is 1.62. The maximum absolute atomic E-state index is 5.89. The van der Waals surface area contributed by atoms with Crippen LogP contribution in [0, 0.1) is 0 Å². The number of nitrogens with two attached hydrogens (primary N) is 1. The molecule has 0 aliphatic rings. The van der Waals surface area contributed by atoms with Crippen molar-refractivity contribution in [3.63, 3.8) is 0 Å². The standard InChI is InChI=1S/C10H14ClNO2/c1-3-14-10-5-9(12)8(11)4-7(10)6-13-2/h4-5H,3,6,12H2,1-2H3. The molecule has 0 fully saturated rings. The lowest BCUT2D eigenvalue weighted by Crippen LogP contribution is -2.00. The Labute approximate surface area is 88.8 Å². The zero-order valence-electron chi connectivity index (χ0n) is 8.34. The summed E-state index contributed by atoms with van der Waals surface area (Å²) in [4.78, 5) is 0. The largest absolute Gasteiger partial charge is 0.493 e. The molecular formula is C10H14ClNO2. The molecule has 0 heterocycles. The lowest BCUT2D eigenvalue weighted by molar-refractivity contribution is 0.180. The third-order valence-electron chi connectivity index (χ3n) is 1.78. The number of methoxy groups -OCH3 is 1. The van der Waals surface area contributed by atoms with Crippen molar-refractivity contribution in [2.75, 3.05) is 19.5 Å². The molecule has 0 unspecified atom stereocenters. The molecular weight excluding hydrogens is 202 g/mol.